The Morgan fingerprint density at radius 1 is 1.00 bits per heavy atom. The van der Waals surface area contributed by atoms with Gasteiger partial charge in [0, 0.05) is 11.1 Å². The lowest BCUT2D eigenvalue weighted by Gasteiger charge is -2.55. The molecule has 2 N–H and O–H groups in total. The molecule has 1 aromatic carbocycles. The van der Waals surface area contributed by atoms with E-state index < -0.39 is 6.04 Å². The summed E-state index contributed by atoms with van der Waals surface area (Å²) in [4.78, 5) is 26.3. The minimum Gasteiger partial charge on any atom is -0.497 e. The molecule has 4 aliphatic carbocycles. The van der Waals surface area contributed by atoms with Gasteiger partial charge in [0.15, 0.2) is 0 Å². The number of ether oxygens (including phenoxy) is 1. The van der Waals surface area contributed by atoms with Crippen molar-refractivity contribution in [2.75, 3.05) is 12.4 Å². The zero-order valence-corrected chi connectivity index (χ0v) is 17.2. The Kier molecular flexibility index (Phi) is 5.11. The number of rotatable bonds is 6. The molecule has 4 saturated carbocycles. The Labute approximate surface area is 167 Å². The number of amides is 2. The van der Waals surface area contributed by atoms with E-state index in [4.69, 9.17) is 4.74 Å². The van der Waals surface area contributed by atoms with Gasteiger partial charge in [0.1, 0.15) is 11.8 Å². The van der Waals surface area contributed by atoms with Crippen LogP contribution >= 0.6 is 0 Å². The van der Waals surface area contributed by atoms with E-state index in [-0.39, 0.29) is 23.1 Å². The van der Waals surface area contributed by atoms with Gasteiger partial charge in [0.2, 0.25) is 11.8 Å². The number of hydrogen-bond acceptors (Lipinski definition) is 3. The predicted molar refractivity (Wildman–Crippen MR) is 109 cm³/mol. The van der Waals surface area contributed by atoms with Gasteiger partial charge < -0.3 is 15.4 Å². The van der Waals surface area contributed by atoms with E-state index in [2.05, 4.69) is 10.6 Å². The second-order valence-electron chi connectivity index (χ2n) is 9.61. The molecule has 2 amide bonds. The van der Waals surface area contributed by atoms with Crippen LogP contribution in [0.3, 0.4) is 0 Å². The fourth-order valence-electron chi connectivity index (χ4n) is 6.11. The van der Waals surface area contributed by atoms with Crippen molar-refractivity contribution < 1.29 is 14.3 Å². The lowest BCUT2D eigenvalue weighted by Crippen LogP contribution is -2.57. The molecule has 4 fully saturated rings. The zero-order chi connectivity index (χ0) is 19.9. The normalized spacial score (nSPS) is 31.5. The molecule has 1 aromatic rings. The molecule has 0 aromatic heterocycles. The van der Waals surface area contributed by atoms with Gasteiger partial charge in [0.25, 0.3) is 0 Å². The van der Waals surface area contributed by atoms with Crippen molar-refractivity contribution in [1.29, 1.82) is 0 Å². The Morgan fingerprint density at radius 3 is 2.00 bits per heavy atom. The zero-order valence-electron chi connectivity index (χ0n) is 17.2. The molecule has 28 heavy (non-hydrogen) atoms. The lowest BCUT2D eigenvalue weighted by molar-refractivity contribution is -0.148. The lowest BCUT2D eigenvalue weighted by atomic mass is 9.49. The van der Waals surface area contributed by atoms with Crippen molar-refractivity contribution in [3.05, 3.63) is 24.3 Å². The van der Waals surface area contributed by atoms with Crippen LogP contribution in [0, 0.1) is 29.1 Å². The summed E-state index contributed by atoms with van der Waals surface area (Å²) >= 11 is 0. The van der Waals surface area contributed by atoms with Crippen molar-refractivity contribution >= 4 is 17.5 Å². The molecule has 1 unspecified atom stereocenters. The summed E-state index contributed by atoms with van der Waals surface area (Å²) in [6, 6.07) is 6.73. The third kappa shape index (κ3) is 3.63. The number of nitrogens with one attached hydrogen (secondary N) is 2. The number of carbonyl (C=O) groups excluding carboxylic acids is 2. The summed E-state index contributed by atoms with van der Waals surface area (Å²) in [5.41, 5.74) is 0.475. The van der Waals surface area contributed by atoms with Crippen LogP contribution in [-0.4, -0.2) is 25.0 Å². The first kappa shape index (κ1) is 19.3. The topological polar surface area (TPSA) is 67.4 Å². The summed E-state index contributed by atoms with van der Waals surface area (Å²) < 4.78 is 5.16. The Morgan fingerprint density at radius 2 is 1.54 bits per heavy atom. The fourth-order valence-corrected chi connectivity index (χ4v) is 6.11. The molecular weight excluding hydrogens is 352 g/mol. The third-order valence-electron chi connectivity index (χ3n) is 7.11. The minimum absolute atomic E-state index is 0.0242. The first-order valence-corrected chi connectivity index (χ1v) is 10.6. The number of benzene rings is 1. The van der Waals surface area contributed by atoms with E-state index in [1.165, 1.54) is 19.3 Å². The molecule has 0 radical (unpaired) electrons. The molecule has 5 nitrogen and oxygen atoms in total. The first-order chi connectivity index (χ1) is 13.4. The second-order valence-corrected chi connectivity index (χ2v) is 9.61. The molecule has 0 spiro atoms. The molecule has 5 heteroatoms. The number of anilines is 1. The fraction of sp³-hybridized carbons (Fsp3) is 0.652. The van der Waals surface area contributed by atoms with Gasteiger partial charge in [-0.25, -0.2) is 0 Å². The van der Waals surface area contributed by atoms with Gasteiger partial charge in [-0.05, 0) is 86.5 Å². The maximum atomic E-state index is 13.3. The van der Waals surface area contributed by atoms with Crippen LogP contribution in [0.4, 0.5) is 5.69 Å². The van der Waals surface area contributed by atoms with E-state index in [1.54, 1.807) is 7.11 Å². The molecule has 152 valence electrons. The van der Waals surface area contributed by atoms with E-state index in [0.29, 0.717) is 23.4 Å². The van der Waals surface area contributed by atoms with Crippen LogP contribution in [0.2, 0.25) is 0 Å². The average Bonchev–Trinajstić information content (AvgIpc) is 2.65. The van der Waals surface area contributed by atoms with Crippen molar-refractivity contribution in [2.24, 2.45) is 29.1 Å². The molecule has 4 bridgehead atoms. The minimum atomic E-state index is -0.525. The average molecular weight is 385 g/mol. The van der Waals surface area contributed by atoms with Crippen LogP contribution in [0.25, 0.3) is 0 Å². The molecular formula is C23H32N2O3. The van der Waals surface area contributed by atoms with Gasteiger partial charge in [-0.2, -0.15) is 0 Å². The predicted octanol–water partition coefficient (Wildman–Crippen LogP) is 3.99. The molecule has 0 aliphatic heterocycles. The third-order valence-corrected chi connectivity index (χ3v) is 7.11. The number of carbonyl (C=O) groups is 2. The number of hydrogen-bond donors (Lipinski definition) is 2. The first-order valence-electron chi connectivity index (χ1n) is 10.6. The summed E-state index contributed by atoms with van der Waals surface area (Å²) in [6.07, 6.45) is 6.94. The van der Waals surface area contributed by atoms with Crippen molar-refractivity contribution in [2.45, 2.75) is 58.4 Å². The highest BCUT2D eigenvalue weighted by atomic mass is 16.5. The summed E-state index contributed by atoms with van der Waals surface area (Å²) in [6.45, 7) is 3.97. The van der Waals surface area contributed by atoms with Gasteiger partial charge in [-0.1, -0.05) is 13.8 Å². The summed E-state index contributed by atoms with van der Waals surface area (Å²) in [7, 11) is 1.61. The van der Waals surface area contributed by atoms with Gasteiger partial charge in [-0.3, -0.25) is 9.59 Å². The Bertz CT molecular complexity index is 705. The molecule has 5 rings (SSSR count). The van der Waals surface area contributed by atoms with Crippen LogP contribution in [0.1, 0.15) is 52.4 Å². The Balaban J connectivity index is 1.44. The maximum absolute atomic E-state index is 13.3. The van der Waals surface area contributed by atoms with Crippen LogP contribution in [0.15, 0.2) is 24.3 Å². The van der Waals surface area contributed by atoms with E-state index in [9.17, 15) is 9.59 Å². The van der Waals surface area contributed by atoms with Gasteiger partial charge >= 0.3 is 0 Å². The molecule has 4 aliphatic rings. The second kappa shape index (κ2) is 7.41. The highest BCUT2D eigenvalue weighted by Gasteiger charge is 2.55. The van der Waals surface area contributed by atoms with E-state index in [0.717, 1.165) is 25.0 Å². The number of methoxy groups -OCH3 is 1. The molecule has 0 saturated heterocycles. The SMILES string of the molecule is COc1ccc(NC(=O)C(NC(=O)C23CC4CC(CC(C4)C2)C3)C(C)C)cc1. The molecule has 0 heterocycles. The van der Waals surface area contributed by atoms with Crippen LogP contribution < -0.4 is 15.4 Å². The maximum Gasteiger partial charge on any atom is 0.247 e. The Hall–Kier alpha value is -2.04. The van der Waals surface area contributed by atoms with E-state index in [1.807, 2.05) is 38.1 Å². The molecule has 1 atom stereocenters. The largest absolute Gasteiger partial charge is 0.497 e. The summed E-state index contributed by atoms with van der Waals surface area (Å²) in [5.74, 6) is 2.85. The van der Waals surface area contributed by atoms with Crippen LogP contribution in [-0.2, 0) is 9.59 Å². The van der Waals surface area contributed by atoms with E-state index >= 15 is 0 Å². The highest BCUT2D eigenvalue weighted by molar-refractivity contribution is 5.98. The van der Waals surface area contributed by atoms with Crippen molar-refractivity contribution in [3.63, 3.8) is 0 Å². The van der Waals surface area contributed by atoms with Crippen LogP contribution in [0.5, 0.6) is 5.75 Å². The van der Waals surface area contributed by atoms with Crippen molar-refractivity contribution in [3.8, 4) is 5.75 Å². The summed E-state index contributed by atoms with van der Waals surface area (Å²) in [5, 5.41) is 6.08. The highest BCUT2D eigenvalue weighted by Crippen LogP contribution is 2.60. The quantitative estimate of drug-likeness (QED) is 0.779. The monoisotopic (exact) mass is 384 g/mol. The van der Waals surface area contributed by atoms with Gasteiger partial charge in [0.05, 0.1) is 7.11 Å². The standard InChI is InChI=1S/C23H32N2O3/c1-14(2)20(21(26)24-18-4-6-19(28-3)7-5-18)25-22(27)23-11-15-8-16(12-23)10-17(9-15)13-23/h4-7,14-17,20H,8-13H2,1-3H3,(H,24,26)(H,25,27). The van der Waals surface area contributed by atoms with Crippen molar-refractivity contribution in [1.82, 2.24) is 5.32 Å². The van der Waals surface area contributed by atoms with Gasteiger partial charge in [-0.15, -0.1) is 0 Å². The smallest absolute Gasteiger partial charge is 0.247 e.